The van der Waals surface area contributed by atoms with Crippen molar-refractivity contribution in [2.45, 2.75) is 6.04 Å². The summed E-state index contributed by atoms with van der Waals surface area (Å²) in [6.07, 6.45) is 8.27. The molecule has 262 valence electrons. The van der Waals surface area contributed by atoms with Crippen LogP contribution in [0.4, 0.5) is 0 Å². The fraction of sp³-hybridized carbons (Fsp3) is 0.0400. The number of hydrogen-bond donors (Lipinski definition) is 0. The molecule has 0 bridgehead atoms. The van der Waals surface area contributed by atoms with Crippen LogP contribution in [0.15, 0.2) is 200 Å². The minimum atomic E-state index is -0.114. The summed E-state index contributed by atoms with van der Waals surface area (Å²) in [7, 11) is 2.13. The zero-order valence-corrected chi connectivity index (χ0v) is 30.4. The Balaban J connectivity index is 1.06. The molecule has 0 radical (unpaired) electrons. The van der Waals surface area contributed by atoms with E-state index in [1.54, 1.807) is 0 Å². The number of hydrogen-bond acceptors (Lipinski definition) is 5. The minimum Gasteiger partial charge on any atom is -0.361 e. The van der Waals surface area contributed by atoms with Gasteiger partial charge in [0.2, 0.25) is 0 Å². The predicted octanol–water partition coefficient (Wildman–Crippen LogP) is 11.7. The van der Waals surface area contributed by atoms with Gasteiger partial charge < -0.3 is 4.90 Å². The van der Waals surface area contributed by atoms with Crippen LogP contribution in [0.5, 0.6) is 0 Å². The van der Waals surface area contributed by atoms with Crippen LogP contribution < -0.4 is 0 Å². The highest BCUT2D eigenvalue weighted by Crippen LogP contribution is 2.40. The van der Waals surface area contributed by atoms with Gasteiger partial charge in [-0.05, 0) is 70.3 Å². The van der Waals surface area contributed by atoms with Gasteiger partial charge in [-0.15, -0.1) is 0 Å². The van der Waals surface area contributed by atoms with Crippen molar-refractivity contribution in [1.29, 1.82) is 0 Å². The van der Waals surface area contributed by atoms with Crippen LogP contribution >= 0.6 is 0 Å². The number of allylic oxidation sites excluding steroid dienone is 2. The fourth-order valence-electron chi connectivity index (χ4n) is 7.24. The van der Waals surface area contributed by atoms with Crippen molar-refractivity contribution in [2.75, 3.05) is 7.05 Å². The van der Waals surface area contributed by atoms with Crippen LogP contribution in [0.1, 0.15) is 23.0 Å². The molecule has 3 aromatic heterocycles. The molecule has 8 aromatic rings. The molecule has 0 spiro atoms. The predicted molar refractivity (Wildman–Crippen MR) is 224 cm³/mol. The third-order valence-electron chi connectivity index (χ3n) is 10.1. The second-order valence-electron chi connectivity index (χ2n) is 13.6. The molecule has 4 heterocycles. The minimum absolute atomic E-state index is 0.114. The number of aromatic nitrogens is 4. The van der Waals surface area contributed by atoms with E-state index in [4.69, 9.17) is 19.9 Å². The first-order chi connectivity index (χ1) is 27.2. The Morgan fingerprint density at radius 2 is 1.02 bits per heavy atom. The largest absolute Gasteiger partial charge is 0.361 e. The maximum atomic E-state index is 5.06. The molecule has 5 nitrogen and oxygen atoms in total. The van der Waals surface area contributed by atoms with E-state index in [1.165, 1.54) is 0 Å². The molecule has 9 rings (SSSR count). The van der Waals surface area contributed by atoms with E-state index >= 15 is 0 Å². The topological polar surface area (TPSA) is 54.8 Å². The van der Waals surface area contributed by atoms with Crippen molar-refractivity contribution in [3.8, 4) is 56.2 Å². The highest BCUT2D eigenvalue weighted by Gasteiger charge is 2.27. The van der Waals surface area contributed by atoms with Gasteiger partial charge in [0.25, 0.3) is 0 Å². The van der Waals surface area contributed by atoms with Crippen LogP contribution in [0, 0.1) is 0 Å². The Morgan fingerprint density at radius 1 is 0.436 bits per heavy atom. The summed E-state index contributed by atoms with van der Waals surface area (Å²) in [6.45, 7) is 0. The molecular formula is C50H37N5. The molecule has 5 heteroatoms. The maximum absolute atomic E-state index is 5.06. The molecule has 0 aliphatic carbocycles. The quantitative estimate of drug-likeness (QED) is 0.157. The van der Waals surface area contributed by atoms with Gasteiger partial charge >= 0.3 is 0 Å². The van der Waals surface area contributed by atoms with Gasteiger partial charge in [-0.25, -0.2) is 9.97 Å². The van der Waals surface area contributed by atoms with Crippen molar-refractivity contribution in [1.82, 2.24) is 24.8 Å². The third kappa shape index (κ3) is 6.99. The lowest BCUT2D eigenvalue weighted by Gasteiger charge is -2.34. The van der Waals surface area contributed by atoms with Crippen LogP contribution in [0.3, 0.4) is 0 Å². The first-order valence-corrected chi connectivity index (χ1v) is 18.5. The first kappa shape index (κ1) is 33.6. The van der Waals surface area contributed by atoms with Crippen molar-refractivity contribution in [2.24, 2.45) is 0 Å². The number of likely N-dealkylation sites (N-methyl/N-ethyl adjacent to an activating group) is 1. The van der Waals surface area contributed by atoms with Gasteiger partial charge in [-0.2, -0.15) is 0 Å². The van der Waals surface area contributed by atoms with E-state index in [2.05, 4.69) is 145 Å². The summed E-state index contributed by atoms with van der Waals surface area (Å²) in [5.41, 5.74) is 14.5. The van der Waals surface area contributed by atoms with Gasteiger partial charge in [0.15, 0.2) is 5.82 Å². The van der Waals surface area contributed by atoms with E-state index in [-0.39, 0.29) is 6.04 Å². The summed E-state index contributed by atoms with van der Waals surface area (Å²) in [5, 5.41) is 0. The second kappa shape index (κ2) is 15.0. The summed E-state index contributed by atoms with van der Waals surface area (Å²) in [5.74, 6) is 0.692. The monoisotopic (exact) mass is 707 g/mol. The summed E-state index contributed by atoms with van der Waals surface area (Å²) < 4.78 is 0. The molecule has 1 aliphatic rings. The van der Waals surface area contributed by atoms with E-state index < -0.39 is 0 Å². The van der Waals surface area contributed by atoms with Crippen molar-refractivity contribution < 1.29 is 0 Å². The van der Waals surface area contributed by atoms with Crippen molar-refractivity contribution in [3.05, 3.63) is 217 Å². The van der Waals surface area contributed by atoms with Crippen LogP contribution in [-0.2, 0) is 0 Å². The maximum Gasteiger partial charge on any atom is 0.160 e. The number of nitrogens with zero attached hydrogens (tertiary/aromatic N) is 5. The number of rotatable bonds is 8. The molecule has 1 unspecified atom stereocenters. The lowest BCUT2D eigenvalue weighted by atomic mass is 9.91. The molecule has 0 N–H and O–H groups in total. The van der Waals surface area contributed by atoms with E-state index in [0.717, 1.165) is 78.6 Å². The molecule has 1 atom stereocenters. The zero-order chi connectivity index (χ0) is 37.0. The Labute approximate surface area is 321 Å². The molecule has 55 heavy (non-hydrogen) atoms. The van der Waals surface area contributed by atoms with Crippen molar-refractivity contribution >= 4 is 11.3 Å². The van der Waals surface area contributed by atoms with Gasteiger partial charge in [0.1, 0.15) is 0 Å². The van der Waals surface area contributed by atoms with Gasteiger partial charge in [-0.3, -0.25) is 9.97 Å². The average Bonchev–Trinajstić information content (AvgIpc) is 3.27. The highest BCUT2D eigenvalue weighted by atomic mass is 15.2. The van der Waals surface area contributed by atoms with Gasteiger partial charge in [0, 0.05) is 41.7 Å². The number of benzene rings is 5. The molecule has 0 amide bonds. The smallest absolute Gasteiger partial charge is 0.160 e. The van der Waals surface area contributed by atoms with Crippen LogP contribution in [0.2, 0.25) is 0 Å². The van der Waals surface area contributed by atoms with E-state index in [0.29, 0.717) is 5.82 Å². The highest BCUT2D eigenvalue weighted by molar-refractivity contribution is 5.86. The fourth-order valence-corrected chi connectivity index (χ4v) is 7.24. The first-order valence-electron chi connectivity index (χ1n) is 18.5. The standard InChI is InChI=1S/C50H37N5/c1-55-47(44-24-11-12-29-51-44)32-42(35-15-5-2-6-16-35)33-48(55)49-43(23-14-30-52-49)37-27-25-36(26-28-37)40-21-13-22-41(31-40)50-53-45(38-17-7-3-8-18-38)34-46(54-50)39-19-9-4-10-20-39/h2-34,48H,1H3. The average molecular weight is 708 g/mol. The Morgan fingerprint density at radius 3 is 1.67 bits per heavy atom. The molecule has 1 aliphatic heterocycles. The summed E-state index contributed by atoms with van der Waals surface area (Å²) >= 11 is 0. The molecule has 0 saturated heterocycles. The Kier molecular flexibility index (Phi) is 9.17. The van der Waals surface area contributed by atoms with Gasteiger partial charge in [-0.1, -0.05) is 146 Å². The SMILES string of the molecule is CN1C(c2ccccn2)=CC(c2ccccc2)=CC1c1ncccc1-c1ccc(-c2cccc(-c3nc(-c4ccccc4)cc(-c4ccccc4)n3)c2)cc1. The van der Waals surface area contributed by atoms with Gasteiger partial charge in [0.05, 0.1) is 34.5 Å². The summed E-state index contributed by atoms with van der Waals surface area (Å²) in [4.78, 5) is 22.1. The second-order valence-corrected chi connectivity index (χ2v) is 13.6. The number of pyridine rings is 2. The molecule has 5 aromatic carbocycles. The van der Waals surface area contributed by atoms with Crippen LogP contribution in [0.25, 0.3) is 67.4 Å². The zero-order valence-electron chi connectivity index (χ0n) is 30.4. The van der Waals surface area contributed by atoms with Crippen molar-refractivity contribution in [3.63, 3.8) is 0 Å². The van der Waals surface area contributed by atoms with E-state index in [1.807, 2.05) is 67.0 Å². The Bertz CT molecular complexity index is 2580. The van der Waals surface area contributed by atoms with Crippen LogP contribution in [-0.4, -0.2) is 31.9 Å². The third-order valence-corrected chi connectivity index (χ3v) is 10.1. The molecular weight excluding hydrogens is 671 g/mol. The molecule has 0 saturated carbocycles. The Hall–Kier alpha value is -7.24. The summed E-state index contributed by atoms with van der Waals surface area (Å²) in [6, 6.07) is 60.6. The molecule has 0 fully saturated rings. The normalized spacial score (nSPS) is 13.9. The lowest BCUT2D eigenvalue weighted by Crippen LogP contribution is -2.26. The lowest BCUT2D eigenvalue weighted by molar-refractivity contribution is 0.405. The van der Waals surface area contributed by atoms with E-state index in [9.17, 15) is 0 Å².